The summed E-state index contributed by atoms with van der Waals surface area (Å²) in [5.74, 6) is 2.14. The number of carbonyl (C=O) groups is 1. The van der Waals surface area contributed by atoms with Crippen molar-refractivity contribution in [2.75, 3.05) is 19.6 Å². The van der Waals surface area contributed by atoms with E-state index in [1.807, 2.05) is 18.2 Å². The predicted octanol–water partition coefficient (Wildman–Crippen LogP) is 7.08. The first-order valence-corrected chi connectivity index (χ1v) is 16.5. The van der Waals surface area contributed by atoms with E-state index in [9.17, 15) is 9.90 Å². The number of piperidine rings is 1. The maximum atomic E-state index is 14.1. The molecule has 1 spiro atoms. The molecule has 5 nitrogen and oxygen atoms in total. The number of aromatic hydroxyl groups is 1. The lowest BCUT2D eigenvalue weighted by Crippen LogP contribution is -2.69. The number of hydrogen-bond acceptors (Lipinski definition) is 4. The Hall–Kier alpha value is -2.73. The molecule has 2 aliphatic carbocycles. The summed E-state index contributed by atoms with van der Waals surface area (Å²) in [6.45, 7) is 7.02. The van der Waals surface area contributed by atoms with Gasteiger partial charge in [0, 0.05) is 35.7 Å². The van der Waals surface area contributed by atoms with Gasteiger partial charge >= 0.3 is 0 Å². The molecule has 2 fully saturated rings. The van der Waals surface area contributed by atoms with Gasteiger partial charge in [-0.2, -0.15) is 0 Å². The van der Waals surface area contributed by atoms with Gasteiger partial charge in [0.2, 0.25) is 5.91 Å². The van der Waals surface area contributed by atoms with E-state index >= 15 is 0 Å². The van der Waals surface area contributed by atoms with Gasteiger partial charge in [-0.3, -0.25) is 9.69 Å². The summed E-state index contributed by atoms with van der Waals surface area (Å²) < 4.78 is 6.95. The zero-order valence-electron chi connectivity index (χ0n) is 24.9. The maximum absolute atomic E-state index is 14.1. The SMILES string of the molecule is CC(C)CN(C(=O)Cc1ccc(Cl)c(Cl)c1)[C@H]1CC[C@H]2[C@H]3Cc4c(O)ccc5c4[C@@]2(CCN3CCc2ccccc2)[C@H]1O5. The molecule has 0 unspecified atom stereocenters. The fourth-order valence-corrected chi connectivity index (χ4v) is 9.19. The summed E-state index contributed by atoms with van der Waals surface area (Å²) in [4.78, 5) is 18.9. The molecule has 7 heteroatoms. The second kappa shape index (κ2) is 11.3. The Morgan fingerprint density at radius 1 is 1.07 bits per heavy atom. The van der Waals surface area contributed by atoms with Crippen LogP contribution in [0.2, 0.25) is 10.0 Å². The highest BCUT2D eigenvalue weighted by Gasteiger charge is 2.66. The minimum Gasteiger partial charge on any atom is -0.508 e. The summed E-state index contributed by atoms with van der Waals surface area (Å²) in [5.41, 5.74) is 4.32. The minimum absolute atomic E-state index is 0.0362. The number of amides is 1. The molecule has 4 aliphatic rings. The monoisotopic (exact) mass is 618 g/mol. The van der Waals surface area contributed by atoms with Gasteiger partial charge in [-0.15, -0.1) is 0 Å². The smallest absolute Gasteiger partial charge is 0.227 e. The highest BCUT2D eigenvalue weighted by atomic mass is 35.5. The Labute approximate surface area is 264 Å². The van der Waals surface area contributed by atoms with E-state index in [0.717, 1.165) is 62.1 Å². The lowest BCUT2D eigenvalue weighted by atomic mass is 9.50. The van der Waals surface area contributed by atoms with Crippen molar-refractivity contribution in [2.45, 2.75) is 76.0 Å². The van der Waals surface area contributed by atoms with Crippen LogP contribution in [0.5, 0.6) is 11.5 Å². The van der Waals surface area contributed by atoms with Crippen LogP contribution in [0.4, 0.5) is 0 Å². The van der Waals surface area contributed by atoms with Gasteiger partial charge in [-0.05, 0) is 85.9 Å². The van der Waals surface area contributed by atoms with Crippen molar-refractivity contribution in [1.82, 2.24) is 9.80 Å². The van der Waals surface area contributed by atoms with Crippen LogP contribution in [0.1, 0.15) is 55.4 Å². The van der Waals surface area contributed by atoms with Crippen LogP contribution in [0.3, 0.4) is 0 Å². The molecule has 1 N–H and O–H groups in total. The predicted molar refractivity (Wildman–Crippen MR) is 171 cm³/mol. The molecule has 1 amide bonds. The van der Waals surface area contributed by atoms with Gasteiger partial charge in [0.05, 0.1) is 22.5 Å². The summed E-state index contributed by atoms with van der Waals surface area (Å²) in [6.07, 6.45) is 4.95. The molecule has 1 saturated heterocycles. The van der Waals surface area contributed by atoms with E-state index in [-0.39, 0.29) is 29.9 Å². The zero-order chi connectivity index (χ0) is 29.9. The second-order valence-electron chi connectivity index (χ2n) is 13.4. The molecule has 1 saturated carbocycles. The van der Waals surface area contributed by atoms with Crippen molar-refractivity contribution in [3.8, 4) is 11.5 Å². The largest absolute Gasteiger partial charge is 0.508 e. The number of nitrogens with zero attached hydrogens (tertiary/aromatic N) is 2. The van der Waals surface area contributed by atoms with Crippen LogP contribution in [-0.4, -0.2) is 58.6 Å². The number of rotatable bonds is 8. The third-order valence-electron chi connectivity index (χ3n) is 10.6. The molecule has 2 bridgehead atoms. The van der Waals surface area contributed by atoms with Crippen LogP contribution in [0, 0.1) is 11.8 Å². The number of phenolic OH excluding ortho intramolecular Hbond substituents is 1. The summed E-state index contributed by atoms with van der Waals surface area (Å²) in [7, 11) is 0. The molecule has 3 aromatic rings. The maximum Gasteiger partial charge on any atom is 0.227 e. The van der Waals surface area contributed by atoms with E-state index in [0.29, 0.717) is 40.2 Å². The Morgan fingerprint density at radius 2 is 1.88 bits per heavy atom. The first-order chi connectivity index (χ1) is 20.8. The van der Waals surface area contributed by atoms with E-state index in [1.165, 1.54) is 11.1 Å². The number of ether oxygens (including phenoxy) is 1. The highest BCUT2D eigenvalue weighted by Crippen LogP contribution is 2.63. The average Bonchev–Trinajstić information content (AvgIpc) is 3.32. The van der Waals surface area contributed by atoms with Crippen LogP contribution in [-0.2, 0) is 29.5 Å². The summed E-state index contributed by atoms with van der Waals surface area (Å²) in [5, 5.41) is 12.1. The van der Waals surface area contributed by atoms with Crippen molar-refractivity contribution in [1.29, 1.82) is 0 Å². The lowest BCUT2D eigenvalue weighted by Gasteiger charge is -2.60. The van der Waals surface area contributed by atoms with Crippen LogP contribution in [0.25, 0.3) is 0 Å². The van der Waals surface area contributed by atoms with Gasteiger partial charge in [-0.1, -0.05) is 73.4 Å². The number of halogens is 2. The van der Waals surface area contributed by atoms with Gasteiger partial charge < -0.3 is 14.7 Å². The number of phenols is 1. The molecule has 5 atom stereocenters. The average molecular weight is 620 g/mol. The first-order valence-electron chi connectivity index (χ1n) is 15.8. The summed E-state index contributed by atoms with van der Waals surface area (Å²) >= 11 is 12.5. The summed E-state index contributed by atoms with van der Waals surface area (Å²) in [6, 6.07) is 20.3. The quantitative estimate of drug-likeness (QED) is 0.293. The van der Waals surface area contributed by atoms with Gasteiger partial charge in [0.1, 0.15) is 17.6 Å². The van der Waals surface area contributed by atoms with Crippen molar-refractivity contribution < 1.29 is 14.6 Å². The molecule has 0 aromatic heterocycles. The number of carbonyl (C=O) groups excluding carboxylic acids is 1. The number of likely N-dealkylation sites (tertiary alicyclic amines) is 1. The van der Waals surface area contributed by atoms with E-state index in [1.54, 1.807) is 12.1 Å². The van der Waals surface area contributed by atoms with Crippen LogP contribution in [0.15, 0.2) is 60.7 Å². The molecular weight excluding hydrogens is 579 g/mol. The van der Waals surface area contributed by atoms with Crippen molar-refractivity contribution >= 4 is 29.1 Å². The Balaban J connectivity index is 1.22. The van der Waals surface area contributed by atoms with Crippen molar-refractivity contribution in [2.24, 2.45) is 11.8 Å². The normalized spacial score (nSPS) is 27.1. The fraction of sp³-hybridized carbons (Fsp3) is 0.472. The minimum atomic E-state index is -0.197. The molecule has 3 aromatic carbocycles. The third kappa shape index (κ3) is 4.92. The van der Waals surface area contributed by atoms with Crippen LogP contribution < -0.4 is 4.74 Å². The molecule has 226 valence electrons. The van der Waals surface area contributed by atoms with E-state index in [2.05, 4.69) is 54.0 Å². The molecule has 7 rings (SSSR count). The zero-order valence-corrected chi connectivity index (χ0v) is 26.5. The Bertz CT molecular complexity index is 1530. The first kappa shape index (κ1) is 29.0. The van der Waals surface area contributed by atoms with Crippen LogP contribution >= 0.6 is 23.2 Å². The molecule has 43 heavy (non-hydrogen) atoms. The standard InChI is InChI=1S/C36H40Cl2N2O3/c1-22(2)21-40(33(42)19-24-8-10-27(37)28(38)18-24)29-11-9-26-30-20-25-31(41)12-13-32-34(25)36(26,35(29)43-32)15-17-39(30)16-14-23-6-4-3-5-7-23/h3-8,10,12-13,18,22,26,29-30,35,41H,9,11,14-17,19-21H2,1-2H3/t26-,29-,30+,35-,36-/m0/s1. The lowest BCUT2D eigenvalue weighted by molar-refractivity contribution is -0.142. The third-order valence-corrected chi connectivity index (χ3v) is 11.3. The molecule has 2 aliphatic heterocycles. The number of hydrogen-bond donors (Lipinski definition) is 1. The second-order valence-corrected chi connectivity index (χ2v) is 14.2. The van der Waals surface area contributed by atoms with Gasteiger partial charge in [-0.25, -0.2) is 0 Å². The van der Waals surface area contributed by atoms with E-state index < -0.39 is 0 Å². The molecule has 2 heterocycles. The molecular formula is C36H40Cl2N2O3. The topological polar surface area (TPSA) is 53.0 Å². The number of benzene rings is 3. The van der Waals surface area contributed by atoms with Gasteiger partial charge in [0.15, 0.2) is 0 Å². The molecule has 0 radical (unpaired) electrons. The van der Waals surface area contributed by atoms with Crippen molar-refractivity contribution in [3.05, 3.63) is 93.0 Å². The Kier molecular flexibility index (Phi) is 7.64. The van der Waals surface area contributed by atoms with Gasteiger partial charge in [0.25, 0.3) is 0 Å². The van der Waals surface area contributed by atoms with E-state index in [4.69, 9.17) is 27.9 Å². The Morgan fingerprint density at radius 3 is 2.65 bits per heavy atom. The highest BCUT2D eigenvalue weighted by molar-refractivity contribution is 6.42. The fourth-order valence-electron chi connectivity index (χ4n) is 8.87. The van der Waals surface area contributed by atoms with Crippen molar-refractivity contribution in [3.63, 3.8) is 0 Å².